The molecule has 0 bridgehead atoms. The van der Waals surface area contributed by atoms with Crippen molar-refractivity contribution < 1.29 is 22.5 Å². The van der Waals surface area contributed by atoms with E-state index in [1.54, 1.807) is 20.8 Å². The van der Waals surface area contributed by atoms with Crippen LogP contribution in [0.3, 0.4) is 0 Å². The summed E-state index contributed by atoms with van der Waals surface area (Å²) in [6.45, 7) is 6.78. The van der Waals surface area contributed by atoms with Crippen LogP contribution in [0.2, 0.25) is 0 Å². The third kappa shape index (κ3) is 3.69. The Balaban J connectivity index is 2.04. The molecule has 2 N–H and O–H groups in total. The second-order valence-electron chi connectivity index (χ2n) is 5.60. The van der Waals surface area contributed by atoms with Crippen LogP contribution in [0.25, 0.3) is 0 Å². The van der Waals surface area contributed by atoms with E-state index in [1.165, 1.54) is 6.92 Å². The summed E-state index contributed by atoms with van der Waals surface area (Å²) in [4.78, 5) is 12.1. The predicted molar refractivity (Wildman–Crippen MR) is 80.8 cm³/mol. The van der Waals surface area contributed by atoms with Crippen LogP contribution in [0.4, 0.5) is 18.0 Å². The van der Waals surface area contributed by atoms with Crippen molar-refractivity contribution in [2.75, 3.05) is 0 Å². The van der Waals surface area contributed by atoms with Gasteiger partial charge in [0.1, 0.15) is 5.76 Å². The van der Waals surface area contributed by atoms with Gasteiger partial charge in [-0.2, -0.15) is 0 Å². The van der Waals surface area contributed by atoms with Gasteiger partial charge >= 0.3 is 6.03 Å². The number of amides is 2. The first-order valence-electron chi connectivity index (χ1n) is 7.35. The Kier molecular flexibility index (Phi) is 5.16. The van der Waals surface area contributed by atoms with Gasteiger partial charge in [-0.25, -0.2) is 18.0 Å². The van der Waals surface area contributed by atoms with Gasteiger partial charge in [0.25, 0.3) is 0 Å². The van der Waals surface area contributed by atoms with Crippen LogP contribution in [-0.4, -0.2) is 11.2 Å². The van der Waals surface area contributed by atoms with E-state index >= 15 is 0 Å². The van der Waals surface area contributed by atoms with Gasteiger partial charge in [-0.05, 0) is 45.4 Å². The number of rotatable bonds is 4. The Labute approximate surface area is 137 Å². The summed E-state index contributed by atoms with van der Waals surface area (Å²) < 4.78 is 44.5. The number of hydrogen-bond acceptors (Lipinski definition) is 3. The van der Waals surface area contributed by atoms with E-state index in [2.05, 4.69) is 15.8 Å². The smallest absolute Gasteiger partial charge is 0.315 e. The molecule has 0 aliphatic rings. The minimum absolute atomic E-state index is 0.117. The number of nitrogens with one attached hydrogen (secondary N) is 2. The Morgan fingerprint density at radius 3 is 2.12 bits per heavy atom. The van der Waals surface area contributed by atoms with Crippen molar-refractivity contribution in [2.45, 2.75) is 39.8 Å². The summed E-state index contributed by atoms with van der Waals surface area (Å²) in [7, 11) is 0. The van der Waals surface area contributed by atoms with Gasteiger partial charge in [0.2, 0.25) is 0 Å². The molecule has 2 rings (SSSR count). The van der Waals surface area contributed by atoms with Gasteiger partial charge in [0, 0.05) is 5.56 Å². The van der Waals surface area contributed by atoms with E-state index in [-0.39, 0.29) is 11.6 Å². The molecule has 0 saturated carbocycles. The lowest BCUT2D eigenvalue weighted by molar-refractivity contribution is 0.234. The molecule has 0 saturated heterocycles. The molecule has 0 spiro atoms. The van der Waals surface area contributed by atoms with Crippen LogP contribution in [0.1, 0.15) is 48.5 Å². The van der Waals surface area contributed by atoms with Gasteiger partial charge in [-0.15, -0.1) is 0 Å². The third-order valence-electron chi connectivity index (χ3n) is 3.72. The Hall–Kier alpha value is -2.51. The molecule has 2 atom stereocenters. The second-order valence-corrected chi connectivity index (χ2v) is 5.60. The van der Waals surface area contributed by atoms with Crippen molar-refractivity contribution in [3.8, 4) is 0 Å². The predicted octanol–water partition coefficient (Wildman–Crippen LogP) is 3.83. The Morgan fingerprint density at radius 1 is 1.08 bits per heavy atom. The molecule has 1 aromatic carbocycles. The maximum absolute atomic E-state index is 13.3. The van der Waals surface area contributed by atoms with E-state index in [9.17, 15) is 18.0 Å². The van der Waals surface area contributed by atoms with Crippen molar-refractivity contribution in [3.05, 3.63) is 52.2 Å². The number of carbonyl (C=O) groups excluding carboxylic acids is 1. The molecule has 0 aliphatic heterocycles. The van der Waals surface area contributed by atoms with Crippen molar-refractivity contribution in [1.82, 2.24) is 15.8 Å². The van der Waals surface area contributed by atoms with Crippen molar-refractivity contribution in [1.29, 1.82) is 0 Å². The molecular weight excluding hydrogens is 323 g/mol. The number of nitrogens with zero attached hydrogens (tertiary/aromatic N) is 1. The maximum atomic E-state index is 13.3. The molecule has 2 amide bonds. The van der Waals surface area contributed by atoms with Crippen molar-refractivity contribution in [3.63, 3.8) is 0 Å². The van der Waals surface area contributed by atoms with Crippen molar-refractivity contribution >= 4 is 6.03 Å². The Morgan fingerprint density at radius 2 is 1.62 bits per heavy atom. The number of aryl methyl sites for hydroxylation is 2. The molecule has 1 heterocycles. The molecule has 8 heteroatoms. The zero-order valence-electron chi connectivity index (χ0n) is 13.7. The number of carbonyl (C=O) groups is 1. The van der Waals surface area contributed by atoms with E-state index in [1.807, 2.05) is 0 Å². The zero-order valence-corrected chi connectivity index (χ0v) is 13.7. The number of aromatic nitrogens is 1. The van der Waals surface area contributed by atoms with E-state index in [0.29, 0.717) is 11.5 Å². The molecule has 0 radical (unpaired) electrons. The summed E-state index contributed by atoms with van der Waals surface area (Å²) in [5, 5.41) is 9.05. The fraction of sp³-hybridized carbons (Fsp3) is 0.375. The zero-order chi connectivity index (χ0) is 18.0. The summed E-state index contributed by atoms with van der Waals surface area (Å²) in [5.74, 6) is -3.55. The van der Waals surface area contributed by atoms with Crippen LogP contribution in [0.5, 0.6) is 0 Å². The number of hydrogen-bond donors (Lipinski definition) is 2. The van der Waals surface area contributed by atoms with Crippen LogP contribution in [-0.2, 0) is 0 Å². The maximum Gasteiger partial charge on any atom is 0.315 e. The van der Waals surface area contributed by atoms with E-state index in [0.717, 1.165) is 17.7 Å². The molecular formula is C16H18F3N3O2. The highest BCUT2D eigenvalue weighted by atomic mass is 19.2. The van der Waals surface area contributed by atoms with Crippen LogP contribution in [0.15, 0.2) is 16.7 Å². The van der Waals surface area contributed by atoms with Gasteiger partial charge < -0.3 is 15.2 Å². The van der Waals surface area contributed by atoms with Gasteiger partial charge in [0.15, 0.2) is 17.5 Å². The molecule has 0 unspecified atom stereocenters. The van der Waals surface area contributed by atoms with Gasteiger partial charge in [0.05, 0.1) is 17.8 Å². The molecule has 2 aromatic rings. The van der Waals surface area contributed by atoms with Crippen LogP contribution in [0, 0.1) is 31.3 Å². The summed E-state index contributed by atoms with van der Waals surface area (Å²) in [6, 6.07) is 0.0686. The lowest BCUT2D eigenvalue weighted by Gasteiger charge is -2.18. The average Bonchev–Trinajstić information content (AvgIpc) is 2.83. The largest absolute Gasteiger partial charge is 0.361 e. The highest BCUT2D eigenvalue weighted by Crippen LogP contribution is 2.22. The van der Waals surface area contributed by atoms with E-state index in [4.69, 9.17) is 4.52 Å². The van der Waals surface area contributed by atoms with Crippen LogP contribution >= 0.6 is 0 Å². The molecule has 24 heavy (non-hydrogen) atoms. The molecule has 1 aromatic heterocycles. The number of halogens is 3. The fourth-order valence-electron chi connectivity index (χ4n) is 2.52. The molecule has 5 nitrogen and oxygen atoms in total. The Bertz CT molecular complexity index is 719. The average molecular weight is 341 g/mol. The SMILES string of the molecule is Cc1noc(C)c1[C@@H](C)NC(=O)N[C@H](C)c1cc(F)c(F)c(F)c1. The summed E-state index contributed by atoms with van der Waals surface area (Å²) >= 11 is 0. The first-order valence-corrected chi connectivity index (χ1v) is 7.35. The summed E-state index contributed by atoms with van der Waals surface area (Å²) in [6.07, 6.45) is 0. The number of urea groups is 1. The van der Waals surface area contributed by atoms with Gasteiger partial charge in [-0.1, -0.05) is 5.16 Å². The van der Waals surface area contributed by atoms with Crippen LogP contribution < -0.4 is 10.6 Å². The van der Waals surface area contributed by atoms with Gasteiger partial charge in [-0.3, -0.25) is 0 Å². The van der Waals surface area contributed by atoms with E-state index < -0.39 is 29.5 Å². The first-order chi connectivity index (χ1) is 11.2. The molecule has 130 valence electrons. The second kappa shape index (κ2) is 6.94. The van der Waals surface area contributed by atoms with Crippen molar-refractivity contribution in [2.24, 2.45) is 0 Å². The lowest BCUT2D eigenvalue weighted by atomic mass is 10.1. The first kappa shape index (κ1) is 17.8. The quantitative estimate of drug-likeness (QED) is 0.831. The fourth-order valence-corrected chi connectivity index (χ4v) is 2.52. The molecule has 0 aliphatic carbocycles. The minimum Gasteiger partial charge on any atom is -0.361 e. The highest BCUT2D eigenvalue weighted by molar-refractivity contribution is 5.75. The summed E-state index contributed by atoms with van der Waals surface area (Å²) in [5.41, 5.74) is 1.54. The topological polar surface area (TPSA) is 67.2 Å². The minimum atomic E-state index is -1.54. The third-order valence-corrected chi connectivity index (χ3v) is 3.72. The monoisotopic (exact) mass is 341 g/mol. The lowest BCUT2D eigenvalue weighted by Crippen LogP contribution is -2.38. The highest BCUT2D eigenvalue weighted by Gasteiger charge is 2.20. The standard InChI is InChI=1S/C16H18F3N3O2/c1-7(11-5-12(17)15(19)13(18)6-11)20-16(23)21-8(2)14-9(3)22-24-10(14)4/h5-8H,1-4H3,(H2,20,21,23)/t7-,8-/m1/s1. The molecule has 0 fully saturated rings. The normalized spacial score (nSPS) is 13.5. The number of benzene rings is 1.